The Morgan fingerprint density at radius 3 is 2.36 bits per heavy atom. The zero-order valence-corrected chi connectivity index (χ0v) is 12.7. The molecule has 0 saturated carbocycles. The van der Waals surface area contributed by atoms with Gasteiger partial charge in [0.15, 0.2) is 0 Å². The highest BCUT2D eigenvalue weighted by Gasteiger charge is 2.09. The molecule has 0 fully saturated rings. The number of primary amides is 1. The van der Waals surface area contributed by atoms with Crippen molar-refractivity contribution in [3.8, 4) is 0 Å². The van der Waals surface area contributed by atoms with Crippen LogP contribution in [0, 0.1) is 0 Å². The lowest BCUT2D eigenvalue weighted by atomic mass is 10.0. The van der Waals surface area contributed by atoms with Crippen molar-refractivity contribution in [3.05, 3.63) is 71.3 Å². The first-order chi connectivity index (χ1) is 10.6. The summed E-state index contributed by atoms with van der Waals surface area (Å²) in [5.41, 5.74) is 7.77. The predicted octanol–water partition coefficient (Wildman–Crippen LogP) is 2.04. The fourth-order valence-electron chi connectivity index (χ4n) is 2.34. The van der Waals surface area contributed by atoms with E-state index in [2.05, 4.69) is 12.2 Å². The Hall–Kier alpha value is -2.17. The average Bonchev–Trinajstić information content (AvgIpc) is 2.54. The van der Waals surface area contributed by atoms with Crippen LogP contribution in [0.2, 0.25) is 0 Å². The van der Waals surface area contributed by atoms with Gasteiger partial charge in [0.1, 0.15) is 0 Å². The van der Waals surface area contributed by atoms with E-state index in [9.17, 15) is 9.90 Å². The van der Waals surface area contributed by atoms with Gasteiger partial charge in [0.05, 0.1) is 6.10 Å². The molecule has 0 aliphatic carbocycles. The smallest absolute Gasteiger partial charge is 0.248 e. The van der Waals surface area contributed by atoms with Crippen molar-refractivity contribution in [2.24, 2.45) is 5.73 Å². The zero-order valence-electron chi connectivity index (χ0n) is 12.7. The summed E-state index contributed by atoms with van der Waals surface area (Å²) < 4.78 is 0. The Balaban J connectivity index is 1.82. The van der Waals surface area contributed by atoms with Crippen LogP contribution in [0.25, 0.3) is 0 Å². The molecule has 0 aliphatic rings. The Kier molecular flexibility index (Phi) is 5.69. The van der Waals surface area contributed by atoms with Crippen LogP contribution in [0.1, 0.15) is 34.5 Å². The highest BCUT2D eigenvalue weighted by Crippen LogP contribution is 2.12. The van der Waals surface area contributed by atoms with E-state index in [1.54, 1.807) is 12.1 Å². The largest absolute Gasteiger partial charge is 0.387 e. The van der Waals surface area contributed by atoms with Crippen molar-refractivity contribution in [3.63, 3.8) is 0 Å². The fraction of sp³-hybridized carbons (Fsp3) is 0.278. The number of aliphatic hydroxyl groups excluding tert-OH is 1. The topological polar surface area (TPSA) is 75.4 Å². The van der Waals surface area contributed by atoms with Gasteiger partial charge in [0.2, 0.25) is 5.91 Å². The van der Waals surface area contributed by atoms with Gasteiger partial charge in [-0.1, -0.05) is 42.5 Å². The maximum atomic E-state index is 11.0. The molecule has 2 aromatic rings. The van der Waals surface area contributed by atoms with Crippen molar-refractivity contribution in [2.45, 2.75) is 25.5 Å². The number of nitrogens with one attached hydrogen (secondary N) is 1. The number of carbonyl (C=O) groups is 1. The molecule has 0 aliphatic heterocycles. The van der Waals surface area contributed by atoms with E-state index in [0.717, 1.165) is 17.5 Å². The van der Waals surface area contributed by atoms with Gasteiger partial charge >= 0.3 is 0 Å². The number of carbonyl (C=O) groups excluding carboxylic acids is 1. The van der Waals surface area contributed by atoms with Crippen molar-refractivity contribution in [1.29, 1.82) is 0 Å². The van der Waals surface area contributed by atoms with Crippen LogP contribution in [0.4, 0.5) is 0 Å². The Morgan fingerprint density at radius 1 is 1.14 bits per heavy atom. The molecule has 0 radical (unpaired) electrons. The molecule has 116 valence electrons. The molecular weight excluding hydrogens is 276 g/mol. The third-order valence-electron chi connectivity index (χ3n) is 3.62. The molecule has 2 rings (SSSR count). The molecule has 0 spiro atoms. The molecule has 4 heteroatoms. The van der Waals surface area contributed by atoms with Gasteiger partial charge in [-0.25, -0.2) is 0 Å². The van der Waals surface area contributed by atoms with E-state index < -0.39 is 12.0 Å². The summed E-state index contributed by atoms with van der Waals surface area (Å²) in [6, 6.07) is 17.1. The summed E-state index contributed by atoms with van der Waals surface area (Å²) in [7, 11) is 0. The summed E-state index contributed by atoms with van der Waals surface area (Å²) in [6.45, 7) is 2.57. The Morgan fingerprint density at radius 2 is 1.77 bits per heavy atom. The minimum atomic E-state index is -0.513. The van der Waals surface area contributed by atoms with E-state index >= 15 is 0 Å². The van der Waals surface area contributed by atoms with Crippen LogP contribution in [-0.4, -0.2) is 23.6 Å². The maximum Gasteiger partial charge on any atom is 0.248 e. The lowest BCUT2D eigenvalue weighted by Gasteiger charge is -2.17. The highest BCUT2D eigenvalue weighted by molar-refractivity contribution is 5.92. The standard InChI is InChI=1S/C18H22N2O2/c1-13(11-14-7-9-16(10-8-14)18(19)22)20-12-17(21)15-5-3-2-4-6-15/h2-10,13,17,20-21H,11-12H2,1H3,(H2,19,22)/t13-,17+/m1/s1. The summed E-state index contributed by atoms with van der Waals surface area (Å²) >= 11 is 0. The van der Waals surface area contributed by atoms with Gasteiger partial charge in [0, 0.05) is 18.2 Å². The Bertz CT molecular complexity index is 596. The lowest BCUT2D eigenvalue weighted by molar-refractivity contribution is 0.100. The molecule has 0 unspecified atom stereocenters. The molecule has 0 bridgehead atoms. The molecule has 2 atom stereocenters. The quantitative estimate of drug-likeness (QED) is 0.732. The number of hydrogen-bond acceptors (Lipinski definition) is 3. The van der Waals surface area contributed by atoms with E-state index in [4.69, 9.17) is 5.73 Å². The lowest BCUT2D eigenvalue weighted by Crippen LogP contribution is -2.32. The van der Waals surface area contributed by atoms with Crippen LogP contribution < -0.4 is 11.1 Å². The first-order valence-electron chi connectivity index (χ1n) is 7.41. The SMILES string of the molecule is C[C@H](Cc1ccc(C(N)=O)cc1)NC[C@H](O)c1ccccc1. The minimum Gasteiger partial charge on any atom is -0.387 e. The normalized spacial score (nSPS) is 13.5. The van der Waals surface area contributed by atoms with Gasteiger partial charge in [0.25, 0.3) is 0 Å². The maximum absolute atomic E-state index is 11.0. The highest BCUT2D eigenvalue weighted by atomic mass is 16.3. The third-order valence-corrected chi connectivity index (χ3v) is 3.62. The number of benzene rings is 2. The van der Waals surface area contributed by atoms with Gasteiger partial charge in [-0.05, 0) is 36.6 Å². The first kappa shape index (κ1) is 16.2. The molecule has 0 aromatic heterocycles. The van der Waals surface area contributed by atoms with E-state index in [1.165, 1.54) is 0 Å². The van der Waals surface area contributed by atoms with Gasteiger partial charge in [-0.3, -0.25) is 4.79 Å². The van der Waals surface area contributed by atoms with Crippen molar-refractivity contribution >= 4 is 5.91 Å². The molecule has 2 aromatic carbocycles. The summed E-state index contributed by atoms with van der Waals surface area (Å²) in [6.07, 6.45) is 0.307. The van der Waals surface area contributed by atoms with Crippen LogP contribution >= 0.6 is 0 Å². The zero-order chi connectivity index (χ0) is 15.9. The average molecular weight is 298 g/mol. The van der Waals surface area contributed by atoms with Crippen LogP contribution in [-0.2, 0) is 6.42 Å². The molecular formula is C18H22N2O2. The minimum absolute atomic E-state index is 0.220. The van der Waals surface area contributed by atoms with Crippen molar-refractivity contribution < 1.29 is 9.90 Å². The number of aliphatic hydroxyl groups is 1. The van der Waals surface area contributed by atoms with E-state index in [1.807, 2.05) is 42.5 Å². The van der Waals surface area contributed by atoms with Gasteiger partial charge < -0.3 is 16.2 Å². The number of rotatable bonds is 7. The predicted molar refractivity (Wildman–Crippen MR) is 87.5 cm³/mol. The number of nitrogens with two attached hydrogens (primary N) is 1. The second-order valence-corrected chi connectivity index (χ2v) is 5.50. The second-order valence-electron chi connectivity index (χ2n) is 5.50. The molecule has 22 heavy (non-hydrogen) atoms. The summed E-state index contributed by atoms with van der Waals surface area (Å²) in [5.74, 6) is -0.413. The number of amides is 1. The molecule has 4 N–H and O–H groups in total. The van der Waals surface area contributed by atoms with Crippen molar-refractivity contribution in [1.82, 2.24) is 5.32 Å². The molecule has 0 saturated heterocycles. The van der Waals surface area contributed by atoms with E-state index in [-0.39, 0.29) is 6.04 Å². The second kappa shape index (κ2) is 7.73. The van der Waals surface area contributed by atoms with Gasteiger partial charge in [-0.15, -0.1) is 0 Å². The van der Waals surface area contributed by atoms with Gasteiger partial charge in [-0.2, -0.15) is 0 Å². The fourth-order valence-corrected chi connectivity index (χ4v) is 2.34. The van der Waals surface area contributed by atoms with Crippen LogP contribution in [0.15, 0.2) is 54.6 Å². The monoisotopic (exact) mass is 298 g/mol. The number of hydrogen-bond donors (Lipinski definition) is 3. The van der Waals surface area contributed by atoms with Crippen molar-refractivity contribution in [2.75, 3.05) is 6.54 Å². The first-order valence-corrected chi connectivity index (χ1v) is 7.41. The molecule has 1 amide bonds. The summed E-state index contributed by atoms with van der Waals surface area (Å²) in [4.78, 5) is 11.0. The Labute approximate surface area is 131 Å². The molecule has 0 heterocycles. The van der Waals surface area contributed by atoms with Crippen LogP contribution in [0.3, 0.4) is 0 Å². The van der Waals surface area contributed by atoms with Crippen LogP contribution in [0.5, 0.6) is 0 Å². The third kappa shape index (κ3) is 4.69. The summed E-state index contributed by atoms with van der Waals surface area (Å²) in [5, 5.41) is 13.4. The van der Waals surface area contributed by atoms with E-state index in [0.29, 0.717) is 12.1 Å². The molecule has 4 nitrogen and oxygen atoms in total.